The van der Waals surface area contributed by atoms with E-state index in [0.29, 0.717) is 15.2 Å². The first-order valence-corrected chi connectivity index (χ1v) is 7.09. The van der Waals surface area contributed by atoms with Crippen molar-refractivity contribution in [3.05, 3.63) is 38.2 Å². The molecule has 1 aromatic heterocycles. The van der Waals surface area contributed by atoms with Gasteiger partial charge >= 0.3 is 5.97 Å². The number of nitrogen functional groups attached to an aromatic ring is 1. The summed E-state index contributed by atoms with van der Waals surface area (Å²) in [5, 5.41) is 0. The first-order chi connectivity index (χ1) is 9.86. The Kier molecular flexibility index (Phi) is 4.10. The molecule has 0 atom stereocenters. The van der Waals surface area contributed by atoms with E-state index in [1.807, 2.05) is 6.92 Å². The van der Waals surface area contributed by atoms with Gasteiger partial charge in [0.2, 0.25) is 0 Å². The molecule has 1 heterocycles. The molecule has 6 nitrogen and oxygen atoms in total. The molecule has 21 heavy (non-hydrogen) atoms. The van der Waals surface area contributed by atoms with Crippen LogP contribution in [-0.2, 0) is 4.74 Å². The van der Waals surface area contributed by atoms with Crippen LogP contribution in [-0.4, -0.2) is 23.6 Å². The number of aryl methyl sites for hydroxylation is 1. The number of rotatable bonds is 3. The first-order valence-electron chi connectivity index (χ1n) is 5.87. The number of carbonyl (C=O) groups excluding carboxylic acids is 2. The molecular weight excluding hydrogens is 310 g/mol. The van der Waals surface area contributed by atoms with Gasteiger partial charge in [0.05, 0.1) is 18.4 Å². The second kappa shape index (κ2) is 5.66. The van der Waals surface area contributed by atoms with Gasteiger partial charge in [-0.1, -0.05) is 17.4 Å². The lowest BCUT2D eigenvalue weighted by Gasteiger charge is -2.11. The van der Waals surface area contributed by atoms with Gasteiger partial charge in [-0.25, -0.2) is 4.79 Å². The van der Waals surface area contributed by atoms with Gasteiger partial charge in [-0.05, 0) is 36.8 Å². The highest BCUT2D eigenvalue weighted by Crippen LogP contribution is 2.28. The van der Waals surface area contributed by atoms with Crippen LogP contribution in [0.5, 0.6) is 0 Å². The minimum absolute atomic E-state index is 0.169. The predicted molar refractivity (Wildman–Crippen MR) is 83.5 cm³/mol. The largest absolute Gasteiger partial charge is 0.465 e. The van der Waals surface area contributed by atoms with Crippen LogP contribution in [0.15, 0.2) is 18.2 Å². The van der Waals surface area contributed by atoms with Crippen LogP contribution in [0.4, 0.5) is 5.82 Å². The molecule has 110 valence electrons. The number of carbonyl (C=O) groups is 2. The highest BCUT2D eigenvalue weighted by molar-refractivity contribution is 7.73. The molecule has 0 aliphatic heterocycles. The van der Waals surface area contributed by atoms with Crippen LogP contribution in [0.25, 0.3) is 5.69 Å². The van der Waals surface area contributed by atoms with Gasteiger partial charge in [0, 0.05) is 0 Å². The molecule has 0 saturated carbocycles. The minimum Gasteiger partial charge on any atom is -0.465 e. The van der Waals surface area contributed by atoms with Gasteiger partial charge in [0.1, 0.15) is 10.7 Å². The number of thiazole rings is 1. The van der Waals surface area contributed by atoms with Crippen LogP contribution in [0.2, 0.25) is 0 Å². The monoisotopic (exact) mass is 323 g/mol. The van der Waals surface area contributed by atoms with E-state index in [4.69, 9.17) is 28.4 Å². The Morgan fingerprint density at radius 2 is 2.05 bits per heavy atom. The van der Waals surface area contributed by atoms with Gasteiger partial charge in [-0.3, -0.25) is 9.36 Å². The van der Waals surface area contributed by atoms with Crippen molar-refractivity contribution in [3.63, 3.8) is 0 Å². The third-order valence-electron chi connectivity index (χ3n) is 2.94. The molecule has 2 aromatic rings. The van der Waals surface area contributed by atoms with Gasteiger partial charge in [-0.15, -0.1) is 0 Å². The standard InChI is InChI=1S/C13H13N3O3S2/c1-6-3-4-7(12(18)19-2)5-8(6)16-10(14)9(11(15)17)21-13(16)20/h3-5H,14H2,1-2H3,(H2,15,17). The SMILES string of the molecule is COC(=O)c1ccc(C)c(-n2c(N)c(C(N)=O)sc2=S)c1. The summed E-state index contributed by atoms with van der Waals surface area (Å²) in [6.07, 6.45) is 0. The molecule has 4 N–H and O–H groups in total. The summed E-state index contributed by atoms with van der Waals surface area (Å²) in [6.45, 7) is 1.85. The molecule has 0 unspecified atom stereocenters. The van der Waals surface area contributed by atoms with Crippen LogP contribution in [0.1, 0.15) is 25.6 Å². The Bertz CT molecular complexity index is 792. The van der Waals surface area contributed by atoms with Crippen molar-refractivity contribution in [2.24, 2.45) is 5.73 Å². The van der Waals surface area contributed by atoms with Gasteiger partial charge < -0.3 is 16.2 Å². The van der Waals surface area contributed by atoms with Crippen LogP contribution < -0.4 is 11.5 Å². The number of nitrogens with two attached hydrogens (primary N) is 2. The molecular formula is C13H13N3O3S2. The first kappa shape index (κ1) is 15.2. The predicted octanol–water partition coefficient (Wildman–Crippen LogP) is 2.04. The number of amides is 1. The molecule has 0 spiro atoms. The zero-order valence-corrected chi connectivity index (χ0v) is 13.0. The van der Waals surface area contributed by atoms with Crippen molar-refractivity contribution in [1.29, 1.82) is 0 Å². The maximum atomic E-state index is 11.6. The van der Waals surface area contributed by atoms with Crippen molar-refractivity contribution in [3.8, 4) is 5.69 Å². The van der Waals surface area contributed by atoms with Crippen molar-refractivity contribution in [2.75, 3.05) is 12.8 Å². The normalized spacial score (nSPS) is 10.4. The molecule has 0 aliphatic carbocycles. The number of nitrogens with zero attached hydrogens (tertiary/aromatic N) is 1. The van der Waals surface area contributed by atoms with Crippen LogP contribution in [0.3, 0.4) is 0 Å². The lowest BCUT2D eigenvalue weighted by molar-refractivity contribution is 0.0600. The summed E-state index contributed by atoms with van der Waals surface area (Å²) in [4.78, 5) is 23.2. The van der Waals surface area contributed by atoms with Crippen LogP contribution in [0, 0.1) is 10.9 Å². The maximum Gasteiger partial charge on any atom is 0.337 e. The van der Waals surface area contributed by atoms with E-state index in [-0.39, 0.29) is 10.7 Å². The second-order valence-corrected chi connectivity index (χ2v) is 5.92. The van der Waals surface area contributed by atoms with E-state index in [9.17, 15) is 9.59 Å². The Labute approximate surface area is 129 Å². The molecule has 1 aromatic carbocycles. The van der Waals surface area contributed by atoms with E-state index in [2.05, 4.69) is 0 Å². The van der Waals surface area contributed by atoms with Crippen molar-refractivity contribution in [2.45, 2.75) is 6.92 Å². The topological polar surface area (TPSA) is 100 Å². The highest BCUT2D eigenvalue weighted by Gasteiger charge is 2.18. The number of hydrogen-bond donors (Lipinski definition) is 2. The van der Waals surface area contributed by atoms with Crippen molar-refractivity contribution in [1.82, 2.24) is 4.57 Å². The number of primary amides is 1. The van der Waals surface area contributed by atoms with Crippen LogP contribution >= 0.6 is 23.6 Å². The molecule has 0 radical (unpaired) electrons. The number of ether oxygens (including phenoxy) is 1. The molecule has 2 rings (SSSR count). The van der Waals surface area contributed by atoms with E-state index < -0.39 is 11.9 Å². The van der Waals surface area contributed by atoms with E-state index in [0.717, 1.165) is 16.9 Å². The van der Waals surface area contributed by atoms with E-state index in [1.54, 1.807) is 18.2 Å². The highest BCUT2D eigenvalue weighted by atomic mass is 32.1. The average Bonchev–Trinajstić information content (AvgIpc) is 2.74. The molecule has 8 heteroatoms. The lowest BCUT2D eigenvalue weighted by atomic mass is 10.1. The number of esters is 1. The molecule has 0 fully saturated rings. The summed E-state index contributed by atoms with van der Waals surface area (Å²) in [7, 11) is 1.30. The molecule has 0 aliphatic rings. The van der Waals surface area contributed by atoms with Crippen molar-refractivity contribution < 1.29 is 14.3 Å². The Balaban J connectivity index is 2.70. The van der Waals surface area contributed by atoms with E-state index >= 15 is 0 Å². The second-order valence-electron chi connectivity index (χ2n) is 4.27. The fourth-order valence-electron chi connectivity index (χ4n) is 1.88. The number of benzene rings is 1. The summed E-state index contributed by atoms with van der Waals surface area (Å²) in [5.41, 5.74) is 13.1. The maximum absolute atomic E-state index is 11.6. The number of aromatic nitrogens is 1. The minimum atomic E-state index is -0.635. The summed E-state index contributed by atoms with van der Waals surface area (Å²) < 4.78 is 6.60. The third kappa shape index (κ3) is 2.67. The van der Waals surface area contributed by atoms with Gasteiger partial charge in [0.25, 0.3) is 5.91 Å². The Morgan fingerprint density at radius 3 is 2.57 bits per heavy atom. The lowest BCUT2D eigenvalue weighted by Crippen LogP contribution is -2.13. The average molecular weight is 323 g/mol. The smallest absolute Gasteiger partial charge is 0.337 e. The fraction of sp³-hybridized carbons (Fsp3) is 0.154. The summed E-state index contributed by atoms with van der Waals surface area (Å²) in [6, 6.07) is 5.01. The fourth-order valence-corrected chi connectivity index (χ4v) is 3.09. The molecule has 0 saturated heterocycles. The van der Waals surface area contributed by atoms with E-state index in [1.165, 1.54) is 11.7 Å². The number of anilines is 1. The van der Waals surface area contributed by atoms with Crippen molar-refractivity contribution >= 4 is 41.2 Å². The zero-order chi connectivity index (χ0) is 15.7. The molecule has 1 amide bonds. The summed E-state index contributed by atoms with van der Waals surface area (Å²) in [5.74, 6) is -0.932. The van der Waals surface area contributed by atoms with Gasteiger partial charge in [-0.2, -0.15) is 0 Å². The number of methoxy groups -OCH3 is 1. The third-order valence-corrected chi connectivity index (χ3v) is 4.34. The number of hydrogen-bond acceptors (Lipinski definition) is 6. The molecule has 0 bridgehead atoms. The summed E-state index contributed by atoms with van der Waals surface area (Å²) >= 11 is 6.27. The van der Waals surface area contributed by atoms with Gasteiger partial charge in [0.15, 0.2) is 3.95 Å². The quantitative estimate of drug-likeness (QED) is 0.665. The zero-order valence-electron chi connectivity index (χ0n) is 11.4. The Hall–Kier alpha value is -2.19. The Morgan fingerprint density at radius 1 is 1.38 bits per heavy atom.